The maximum Gasteiger partial charge on any atom is 0.331 e. The molecule has 1 atom stereocenters. The molecule has 0 aliphatic carbocycles. The van der Waals surface area contributed by atoms with Gasteiger partial charge in [-0.25, -0.2) is 4.79 Å². The van der Waals surface area contributed by atoms with Crippen LogP contribution in [-0.4, -0.2) is 36.2 Å². The Kier molecular flexibility index (Phi) is 6.02. The second-order valence-corrected chi connectivity index (χ2v) is 4.19. The van der Waals surface area contributed by atoms with Gasteiger partial charge in [0.1, 0.15) is 0 Å². The van der Waals surface area contributed by atoms with Crippen LogP contribution in [0.5, 0.6) is 0 Å². The Hall–Kier alpha value is -1.88. The first-order chi connectivity index (χ1) is 9.10. The van der Waals surface area contributed by atoms with E-state index in [-0.39, 0.29) is 6.61 Å². The van der Waals surface area contributed by atoms with Crippen LogP contribution in [0, 0.1) is 6.92 Å². The smallest absolute Gasteiger partial charge is 0.331 e. The molecule has 0 saturated heterocycles. The third-order valence-corrected chi connectivity index (χ3v) is 2.61. The minimum absolute atomic E-state index is 0.273. The lowest BCUT2D eigenvalue weighted by Crippen LogP contribution is -2.44. The van der Waals surface area contributed by atoms with E-state index in [1.807, 2.05) is 13.0 Å². The molecule has 0 aromatic heterocycles. The van der Waals surface area contributed by atoms with Gasteiger partial charge in [0.2, 0.25) is 0 Å². The lowest BCUT2D eigenvalue weighted by molar-refractivity contribution is -0.146. The van der Waals surface area contributed by atoms with Crippen LogP contribution in [0.15, 0.2) is 24.3 Å². The molecule has 0 heterocycles. The highest BCUT2D eigenvalue weighted by atomic mass is 16.5. The molecule has 2 N–H and O–H groups in total. The van der Waals surface area contributed by atoms with E-state index < -0.39 is 24.5 Å². The maximum atomic E-state index is 12.0. The average Bonchev–Trinajstić information content (AvgIpc) is 2.42. The zero-order chi connectivity index (χ0) is 14.3. The van der Waals surface area contributed by atoms with Gasteiger partial charge in [0.15, 0.2) is 6.04 Å². The fraction of sp³-hybridized carbons (Fsp3) is 0.429. The third-order valence-electron chi connectivity index (χ3n) is 2.61. The van der Waals surface area contributed by atoms with Crippen molar-refractivity contribution in [2.75, 3.05) is 13.2 Å². The Labute approximate surface area is 112 Å². The van der Waals surface area contributed by atoms with Gasteiger partial charge in [-0.15, -0.1) is 0 Å². The van der Waals surface area contributed by atoms with E-state index in [1.165, 1.54) is 0 Å². The Morgan fingerprint density at radius 3 is 2.63 bits per heavy atom. The minimum atomic E-state index is -1.03. The fourth-order valence-electron chi connectivity index (χ4n) is 1.55. The summed E-state index contributed by atoms with van der Waals surface area (Å²) in [5, 5.41) is 11.6. The summed E-state index contributed by atoms with van der Waals surface area (Å²) in [6, 6.07) is 6.00. The normalized spacial score (nSPS) is 11.7. The second-order valence-electron chi connectivity index (χ2n) is 4.19. The van der Waals surface area contributed by atoms with Gasteiger partial charge >= 0.3 is 5.97 Å². The molecule has 104 valence electrons. The lowest BCUT2D eigenvalue weighted by atomic mass is 10.1. The van der Waals surface area contributed by atoms with Crippen molar-refractivity contribution in [2.45, 2.75) is 26.3 Å². The number of rotatable bonds is 6. The standard InChI is InChI=1S/C14H19NO4/c1-3-8-19-14(18)12(9-16)15-13(17)11-7-5-4-6-10(11)2/h4-7,12,16H,3,8-9H2,1-2H3,(H,15,17)/t12-/m0/s1. The molecule has 0 bridgehead atoms. The number of aliphatic hydroxyl groups excluding tert-OH is 1. The van der Waals surface area contributed by atoms with Crippen LogP contribution in [-0.2, 0) is 9.53 Å². The largest absolute Gasteiger partial charge is 0.464 e. The van der Waals surface area contributed by atoms with Crippen LogP contribution in [0.4, 0.5) is 0 Å². The van der Waals surface area contributed by atoms with E-state index in [4.69, 9.17) is 9.84 Å². The first-order valence-electron chi connectivity index (χ1n) is 6.24. The van der Waals surface area contributed by atoms with Crippen molar-refractivity contribution < 1.29 is 19.4 Å². The van der Waals surface area contributed by atoms with Gasteiger partial charge < -0.3 is 15.2 Å². The predicted molar refractivity (Wildman–Crippen MR) is 70.8 cm³/mol. The first-order valence-corrected chi connectivity index (χ1v) is 6.24. The van der Waals surface area contributed by atoms with E-state index in [0.717, 1.165) is 5.56 Å². The summed E-state index contributed by atoms with van der Waals surface area (Å²) in [7, 11) is 0. The van der Waals surface area contributed by atoms with Crippen LogP contribution in [0.3, 0.4) is 0 Å². The highest BCUT2D eigenvalue weighted by Gasteiger charge is 2.22. The molecule has 0 aliphatic rings. The molecule has 0 aliphatic heterocycles. The van der Waals surface area contributed by atoms with Gasteiger partial charge in [-0.1, -0.05) is 25.1 Å². The van der Waals surface area contributed by atoms with E-state index in [0.29, 0.717) is 12.0 Å². The topological polar surface area (TPSA) is 75.6 Å². The number of hydrogen-bond donors (Lipinski definition) is 2. The summed E-state index contributed by atoms with van der Waals surface area (Å²) >= 11 is 0. The van der Waals surface area contributed by atoms with Crippen molar-refractivity contribution in [1.82, 2.24) is 5.32 Å². The summed E-state index contributed by atoms with van der Waals surface area (Å²) in [4.78, 5) is 23.6. The van der Waals surface area contributed by atoms with Crippen LogP contribution in [0.1, 0.15) is 29.3 Å². The van der Waals surface area contributed by atoms with Crippen molar-refractivity contribution in [3.8, 4) is 0 Å². The number of hydrogen-bond acceptors (Lipinski definition) is 4. The van der Waals surface area contributed by atoms with Crippen molar-refractivity contribution in [3.05, 3.63) is 35.4 Å². The second kappa shape index (κ2) is 7.53. The molecule has 5 nitrogen and oxygen atoms in total. The minimum Gasteiger partial charge on any atom is -0.464 e. The molecule has 1 aromatic carbocycles. The predicted octanol–water partition coefficient (Wildman–Crippen LogP) is 1.04. The van der Waals surface area contributed by atoms with Crippen molar-refractivity contribution >= 4 is 11.9 Å². The molecule has 0 saturated carbocycles. The molecule has 1 amide bonds. The summed E-state index contributed by atoms with van der Waals surface area (Å²) < 4.78 is 4.90. The van der Waals surface area contributed by atoms with Gasteiger partial charge in [0, 0.05) is 5.56 Å². The highest BCUT2D eigenvalue weighted by Crippen LogP contribution is 2.07. The molecule has 0 radical (unpaired) electrons. The van der Waals surface area contributed by atoms with E-state index >= 15 is 0 Å². The number of aryl methyl sites for hydroxylation is 1. The quantitative estimate of drug-likeness (QED) is 0.754. The number of esters is 1. The van der Waals surface area contributed by atoms with Crippen molar-refractivity contribution in [2.24, 2.45) is 0 Å². The molecular weight excluding hydrogens is 246 g/mol. The van der Waals surface area contributed by atoms with Crippen molar-refractivity contribution in [1.29, 1.82) is 0 Å². The third kappa shape index (κ3) is 4.37. The molecule has 19 heavy (non-hydrogen) atoms. The summed E-state index contributed by atoms with van der Waals surface area (Å²) in [5.41, 5.74) is 1.28. The number of amides is 1. The van der Waals surface area contributed by atoms with Gasteiger partial charge in [-0.3, -0.25) is 4.79 Å². The van der Waals surface area contributed by atoms with E-state index in [9.17, 15) is 9.59 Å². The van der Waals surface area contributed by atoms with Gasteiger partial charge in [-0.2, -0.15) is 0 Å². The van der Waals surface area contributed by atoms with Crippen LogP contribution in [0.2, 0.25) is 0 Å². The zero-order valence-electron chi connectivity index (χ0n) is 11.2. The van der Waals surface area contributed by atoms with Gasteiger partial charge in [0.05, 0.1) is 13.2 Å². The highest BCUT2D eigenvalue weighted by molar-refractivity contribution is 5.97. The monoisotopic (exact) mass is 265 g/mol. The fourth-order valence-corrected chi connectivity index (χ4v) is 1.55. The summed E-state index contributed by atoms with van der Waals surface area (Å²) in [6.45, 7) is 3.46. The zero-order valence-corrected chi connectivity index (χ0v) is 11.2. The number of nitrogens with one attached hydrogen (secondary N) is 1. The molecule has 0 fully saturated rings. The molecule has 1 aromatic rings. The van der Waals surface area contributed by atoms with E-state index in [1.54, 1.807) is 25.1 Å². The maximum absolute atomic E-state index is 12.0. The van der Waals surface area contributed by atoms with Crippen LogP contribution in [0.25, 0.3) is 0 Å². The Morgan fingerprint density at radius 1 is 1.37 bits per heavy atom. The average molecular weight is 265 g/mol. The van der Waals surface area contributed by atoms with Gasteiger partial charge in [0.25, 0.3) is 5.91 Å². The molecule has 0 spiro atoms. The number of carbonyl (C=O) groups is 2. The van der Waals surface area contributed by atoms with Gasteiger partial charge in [-0.05, 0) is 25.0 Å². The van der Waals surface area contributed by atoms with Crippen LogP contribution >= 0.6 is 0 Å². The lowest BCUT2D eigenvalue weighted by Gasteiger charge is -2.15. The number of ether oxygens (including phenoxy) is 1. The number of aliphatic hydroxyl groups is 1. The molecule has 0 unspecified atom stereocenters. The Bertz CT molecular complexity index is 445. The SMILES string of the molecule is CCCOC(=O)[C@H](CO)NC(=O)c1ccccc1C. The Morgan fingerprint density at radius 2 is 2.05 bits per heavy atom. The Balaban J connectivity index is 2.68. The summed E-state index contributed by atoms with van der Waals surface area (Å²) in [6.07, 6.45) is 0.690. The first kappa shape index (κ1) is 15.2. The van der Waals surface area contributed by atoms with E-state index in [2.05, 4.69) is 5.32 Å². The summed E-state index contributed by atoms with van der Waals surface area (Å²) in [5.74, 6) is -1.02. The van der Waals surface area contributed by atoms with Crippen molar-refractivity contribution in [3.63, 3.8) is 0 Å². The molecular formula is C14H19NO4. The molecule has 5 heteroatoms. The van der Waals surface area contributed by atoms with Crippen LogP contribution < -0.4 is 5.32 Å². The number of carbonyl (C=O) groups excluding carboxylic acids is 2. The molecule has 1 rings (SSSR count). The number of benzene rings is 1.